The van der Waals surface area contributed by atoms with E-state index in [1.54, 1.807) is 6.07 Å². The van der Waals surface area contributed by atoms with Gasteiger partial charge in [0.2, 0.25) is 5.95 Å². The summed E-state index contributed by atoms with van der Waals surface area (Å²) in [5.41, 5.74) is 8.86. The van der Waals surface area contributed by atoms with Crippen molar-refractivity contribution in [3.05, 3.63) is 59.3 Å². The summed E-state index contributed by atoms with van der Waals surface area (Å²) in [6.45, 7) is 6.76. The number of fused-ring (bicyclic) bond motifs is 1. The minimum absolute atomic E-state index is 0.0299. The molecular formula is C28H30F2N6O. The highest BCUT2D eigenvalue weighted by Crippen LogP contribution is 2.36. The quantitative estimate of drug-likeness (QED) is 0.549. The van der Waals surface area contributed by atoms with E-state index in [0.717, 1.165) is 37.8 Å². The van der Waals surface area contributed by atoms with E-state index in [9.17, 15) is 13.6 Å². The van der Waals surface area contributed by atoms with Crippen LogP contribution in [-0.4, -0.2) is 59.5 Å². The van der Waals surface area contributed by atoms with E-state index in [-0.39, 0.29) is 22.8 Å². The molecule has 0 unspecified atom stereocenters. The summed E-state index contributed by atoms with van der Waals surface area (Å²) in [5.74, 6) is -1.15. The molecule has 0 radical (unpaired) electrons. The van der Waals surface area contributed by atoms with Crippen LogP contribution >= 0.6 is 0 Å². The largest absolute Gasteiger partial charge is 0.382 e. The van der Waals surface area contributed by atoms with Crippen molar-refractivity contribution >= 4 is 17.4 Å². The van der Waals surface area contributed by atoms with Crippen LogP contribution in [0.15, 0.2) is 36.4 Å². The minimum Gasteiger partial charge on any atom is -0.382 e. The van der Waals surface area contributed by atoms with E-state index < -0.39 is 17.7 Å². The van der Waals surface area contributed by atoms with Crippen LogP contribution in [0.4, 0.5) is 20.3 Å². The lowest BCUT2D eigenvalue weighted by Gasteiger charge is -2.39. The van der Waals surface area contributed by atoms with Crippen LogP contribution in [0.2, 0.25) is 0 Å². The molecule has 1 saturated carbocycles. The molecule has 9 heteroatoms. The molecule has 2 fully saturated rings. The number of amides is 1. The van der Waals surface area contributed by atoms with Gasteiger partial charge in [0.1, 0.15) is 17.2 Å². The number of rotatable bonds is 5. The second kappa shape index (κ2) is 9.37. The van der Waals surface area contributed by atoms with E-state index in [4.69, 9.17) is 5.73 Å². The maximum atomic E-state index is 14.9. The van der Waals surface area contributed by atoms with Crippen molar-refractivity contribution in [2.24, 2.45) is 5.92 Å². The van der Waals surface area contributed by atoms with Crippen LogP contribution < -0.4 is 16.0 Å². The molecule has 7 nitrogen and oxygen atoms in total. The maximum Gasteiger partial charge on any atom is 0.254 e. The number of nitrogens with two attached hydrogens (primary N) is 1. The zero-order chi connectivity index (χ0) is 25.7. The first kappa shape index (κ1) is 23.8. The molecule has 37 heavy (non-hydrogen) atoms. The molecule has 192 valence electrons. The molecule has 0 bridgehead atoms. The van der Waals surface area contributed by atoms with Gasteiger partial charge < -0.3 is 16.0 Å². The fraction of sp³-hybridized carbons (Fsp3) is 0.393. The van der Waals surface area contributed by atoms with Crippen LogP contribution in [0.3, 0.4) is 0 Å². The van der Waals surface area contributed by atoms with Crippen LogP contribution in [0.1, 0.15) is 35.7 Å². The Labute approximate surface area is 214 Å². The van der Waals surface area contributed by atoms with Crippen LogP contribution in [0, 0.1) is 17.7 Å². The molecule has 1 saturated heterocycles. The summed E-state index contributed by atoms with van der Waals surface area (Å²) in [5, 5.41) is 2.64. The summed E-state index contributed by atoms with van der Waals surface area (Å²) in [7, 11) is 0. The molecule has 6 rings (SSSR count). The number of nitrogens with zero attached hydrogens (tertiary/aromatic N) is 4. The predicted molar refractivity (Wildman–Crippen MR) is 139 cm³/mol. The van der Waals surface area contributed by atoms with Gasteiger partial charge in [0.15, 0.2) is 5.82 Å². The maximum absolute atomic E-state index is 14.9. The number of aromatic nitrogens is 2. The molecule has 3 aromatic rings. The summed E-state index contributed by atoms with van der Waals surface area (Å²) in [6, 6.07) is 11.2. The van der Waals surface area contributed by atoms with Gasteiger partial charge in [0.05, 0.1) is 5.56 Å². The monoisotopic (exact) mass is 504 g/mol. The number of carbonyl (C=O) groups is 1. The van der Waals surface area contributed by atoms with E-state index in [1.165, 1.54) is 18.9 Å². The second-order valence-electron chi connectivity index (χ2n) is 10.2. The Hall–Kier alpha value is -3.59. The highest BCUT2D eigenvalue weighted by Gasteiger charge is 2.33. The normalized spacial score (nSPS) is 18.9. The molecule has 1 aromatic heterocycles. The van der Waals surface area contributed by atoms with Gasteiger partial charge in [-0.25, -0.2) is 9.37 Å². The standard InChI is InChI=1S/C28H30F2N6O/c1-16(17-2-3-17)35-10-12-36(13-11-35)21-6-4-18(5-7-21)24-26(30)34-27(31)25(33-24)20-14-19-8-9-32-28(37)23(19)22(29)15-20/h4-7,14-17H,2-3,8-13H2,1H3,(H2,31,34)(H,32,37)/t16-/m0/s1. The van der Waals surface area contributed by atoms with E-state index in [2.05, 4.69) is 32.0 Å². The van der Waals surface area contributed by atoms with Gasteiger partial charge >= 0.3 is 0 Å². The molecule has 0 spiro atoms. The van der Waals surface area contributed by atoms with Crippen LogP contribution in [0.25, 0.3) is 22.5 Å². The Bertz CT molecular complexity index is 1350. The van der Waals surface area contributed by atoms with Gasteiger partial charge in [-0.1, -0.05) is 12.1 Å². The predicted octanol–water partition coefficient (Wildman–Crippen LogP) is 3.88. The molecular weight excluding hydrogens is 474 g/mol. The van der Waals surface area contributed by atoms with Gasteiger partial charge in [0, 0.05) is 55.6 Å². The number of benzene rings is 2. The lowest BCUT2D eigenvalue weighted by Crippen LogP contribution is -2.50. The third-order valence-corrected chi connectivity index (χ3v) is 7.93. The van der Waals surface area contributed by atoms with Crippen molar-refractivity contribution in [2.45, 2.75) is 32.2 Å². The van der Waals surface area contributed by atoms with Crippen molar-refractivity contribution < 1.29 is 13.6 Å². The highest BCUT2D eigenvalue weighted by molar-refractivity contribution is 5.97. The number of carbonyl (C=O) groups excluding carboxylic acids is 1. The van der Waals surface area contributed by atoms with Gasteiger partial charge in [-0.05, 0) is 61.9 Å². The second-order valence-corrected chi connectivity index (χ2v) is 10.2. The number of hydrogen-bond donors (Lipinski definition) is 2. The Morgan fingerprint density at radius 2 is 1.73 bits per heavy atom. The van der Waals surface area contributed by atoms with Gasteiger partial charge in [-0.3, -0.25) is 9.69 Å². The van der Waals surface area contributed by atoms with Gasteiger partial charge in [-0.15, -0.1) is 0 Å². The lowest BCUT2D eigenvalue weighted by atomic mass is 9.96. The van der Waals surface area contributed by atoms with Gasteiger partial charge in [0.25, 0.3) is 5.91 Å². The first-order valence-electron chi connectivity index (χ1n) is 12.9. The van der Waals surface area contributed by atoms with Crippen molar-refractivity contribution in [3.63, 3.8) is 0 Å². The molecule has 2 aromatic carbocycles. The fourth-order valence-corrected chi connectivity index (χ4v) is 5.57. The van der Waals surface area contributed by atoms with Gasteiger partial charge in [-0.2, -0.15) is 9.37 Å². The smallest absolute Gasteiger partial charge is 0.254 e. The third-order valence-electron chi connectivity index (χ3n) is 7.93. The van der Waals surface area contributed by atoms with Crippen molar-refractivity contribution in [3.8, 4) is 22.5 Å². The van der Waals surface area contributed by atoms with E-state index >= 15 is 0 Å². The van der Waals surface area contributed by atoms with E-state index in [1.807, 2.05) is 24.3 Å². The average molecular weight is 505 g/mol. The SMILES string of the molecule is C[C@@H](C1CC1)N1CCN(c2ccc(-c3nc(-c4cc(F)c5c(c4)CCNC5=O)c(N)nc3F)cc2)CC1. The molecule has 3 aliphatic rings. The first-order chi connectivity index (χ1) is 17.9. The highest BCUT2D eigenvalue weighted by atomic mass is 19.1. The van der Waals surface area contributed by atoms with Crippen molar-refractivity contribution in [1.29, 1.82) is 0 Å². The molecule has 1 aliphatic carbocycles. The Balaban J connectivity index is 1.24. The summed E-state index contributed by atoms with van der Waals surface area (Å²) in [6.07, 6.45) is 3.20. The average Bonchev–Trinajstić information content (AvgIpc) is 3.74. The number of nitrogen functional groups attached to an aromatic ring is 1. The Morgan fingerprint density at radius 1 is 1.00 bits per heavy atom. The first-order valence-corrected chi connectivity index (χ1v) is 12.9. The van der Waals surface area contributed by atoms with Crippen molar-refractivity contribution in [1.82, 2.24) is 20.2 Å². The Morgan fingerprint density at radius 3 is 2.43 bits per heavy atom. The van der Waals surface area contributed by atoms with Crippen molar-refractivity contribution in [2.75, 3.05) is 43.4 Å². The minimum atomic E-state index is -0.783. The number of anilines is 2. The zero-order valence-corrected chi connectivity index (χ0v) is 20.8. The topological polar surface area (TPSA) is 87.4 Å². The number of piperazine rings is 1. The van der Waals surface area contributed by atoms with Crippen LogP contribution in [-0.2, 0) is 6.42 Å². The summed E-state index contributed by atoms with van der Waals surface area (Å²) in [4.78, 5) is 25.3. The fourth-order valence-electron chi connectivity index (χ4n) is 5.57. The molecule has 2 aliphatic heterocycles. The lowest BCUT2D eigenvalue weighted by molar-refractivity contribution is 0.0941. The zero-order valence-electron chi connectivity index (χ0n) is 20.8. The molecule has 3 N–H and O–H groups in total. The summed E-state index contributed by atoms with van der Waals surface area (Å²) < 4.78 is 29.7. The molecule has 1 atom stereocenters. The molecule has 3 heterocycles. The Kier molecular flexibility index (Phi) is 6.03. The van der Waals surface area contributed by atoms with Crippen LogP contribution in [0.5, 0.6) is 0 Å². The number of nitrogens with one attached hydrogen (secondary N) is 1. The summed E-state index contributed by atoms with van der Waals surface area (Å²) >= 11 is 0. The number of hydrogen-bond acceptors (Lipinski definition) is 6. The molecule has 1 amide bonds. The van der Waals surface area contributed by atoms with E-state index in [0.29, 0.717) is 35.7 Å². The third kappa shape index (κ3) is 4.52. The number of halogens is 2.